The molecule has 84 valence electrons. The van der Waals surface area contributed by atoms with Crippen molar-refractivity contribution in [2.24, 2.45) is 5.73 Å². The van der Waals surface area contributed by atoms with E-state index in [0.29, 0.717) is 0 Å². The summed E-state index contributed by atoms with van der Waals surface area (Å²) in [6.07, 6.45) is 3.82. The summed E-state index contributed by atoms with van der Waals surface area (Å²) >= 11 is 1.79. The van der Waals surface area contributed by atoms with Crippen LogP contribution in [0.15, 0.2) is 36.5 Å². The molecule has 1 unspecified atom stereocenters. The van der Waals surface area contributed by atoms with Crippen molar-refractivity contribution in [1.82, 2.24) is 4.98 Å². The highest BCUT2D eigenvalue weighted by Crippen LogP contribution is 2.27. The molecule has 2 heterocycles. The fourth-order valence-corrected chi connectivity index (χ4v) is 2.61. The number of aromatic nitrogens is 1. The first kappa shape index (κ1) is 11.3. The lowest BCUT2D eigenvalue weighted by molar-refractivity contribution is 0.652. The molecule has 16 heavy (non-hydrogen) atoms. The van der Waals surface area contributed by atoms with Gasteiger partial charge in [0, 0.05) is 17.1 Å². The molecule has 0 saturated heterocycles. The van der Waals surface area contributed by atoms with Gasteiger partial charge in [0.15, 0.2) is 0 Å². The van der Waals surface area contributed by atoms with E-state index in [9.17, 15) is 0 Å². The number of hydrogen-bond donors (Lipinski definition) is 1. The average Bonchev–Trinajstić information content (AvgIpc) is 2.78. The molecule has 0 spiro atoms. The van der Waals surface area contributed by atoms with E-state index in [-0.39, 0.29) is 6.04 Å². The quantitative estimate of drug-likeness (QED) is 0.879. The Kier molecular flexibility index (Phi) is 3.70. The molecule has 0 aromatic carbocycles. The molecule has 2 nitrogen and oxygen atoms in total. The Bertz CT molecular complexity index is 436. The smallest absolute Gasteiger partial charge is 0.0801 e. The minimum atomic E-state index is 0.273. The Balaban J connectivity index is 2.14. The summed E-state index contributed by atoms with van der Waals surface area (Å²) in [5.41, 5.74) is 6.99. The number of thiophene rings is 1. The van der Waals surface area contributed by atoms with Gasteiger partial charge in [0.05, 0.1) is 10.6 Å². The van der Waals surface area contributed by atoms with E-state index < -0.39 is 0 Å². The van der Waals surface area contributed by atoms with Crippen LogP contribution in [0.3, 0.4) is 0 Å². The molecule has 0 fully saturated rings. The zero-order valence-electron chi connectivity index (χ0n) is 9.39. The lowest BCUT2D eigenvalue weighted by Gasteiger charge is -2.05. The SMILES string of the molecule is CCC(N)Cc1ccc(-c2ccccn2)s1. The molecule has 2 rings (SSSR count). The van der Waals surface area contributed by atoms with E-state index >= 15 is 0 Å². The number of hydrogen-bond acceptors (Lipinski definition) is 3. The highest BCUT2D eigenvalue weighted by Gasteiger charge is 2.06. The molecule has 2 aromatic rings. The molecular formula is C13H16N2S. The maximum Gasteiger partial charge on any atom is 0.0801 e. The molecule has 1 atom stereocenters. The first-order chi connectivity index (χ1) is 7.79. The van der Waals surface area contributed by atoms with Crippen LogP contribution < -0.4 is 5.73 Å². The van der Waals surface area contributed by atoms with Gasteiger partial charge in [-0.2, -0.15) is 0 Å². The minimum absolute atomic E-state index is 0.273. The monoisotopic (exact) mass is 232 g/mol. The van der Waals surface area contributed by atoms with Gasteiger partial charge in [-0.1, -0.05) is 13.0 Å². The largest absolute Gasteiger partial charge is 0.327 e. The Labute approximate surface area is 100 Å². The van der Waals surface area contributed by atoms with E-state index in [2.05, 4.69) is 24.0 Å². The van der Waals surface area contributed by atoms with E-state index in [0.717, 1.165) is 18.5 Å². The van der Waals surface area contributed by atoms with Gasteiger partial charge in [-0.25, -0.2) is 0 Å². The first-order valence-electron chi connectivity index (χ1n) is 5.55. The van der Waals surface area contributed by atoms with Crippen LogP contribution in [0.2, 0.25) is 0 Å². The molecule has 0 aliphatic carbocycles. The Morgan fingerprint density at radius 2 is 2.19 bits per heavy atom. The van der Waals surface area contributed by atoms with Crippen molar-refractivity contribution in [3.63, 3.8) is 0 Å². The second kappa shape index (κ2) is 5.23. The third-order valence-corrected chi connectivity index (χ3v) is 3.70. The molecule has 2 aromatic heterocycles. The molecule has 0 saturated carbocycles. The maximum atomic E-state index is 5.94. The Morgan fingerprint density at radius 1 is 1.31 bits per heavy atom. The van der Waals surface area contributed by atoms with Crippen molar-refractivity contribution in [2.45, 2.75) is 25.8 Å². The Morgan fingerprint density at radius 3 is 2.88 bits per heavy atom. The van der Waals surface area contributed by atoms with E-state index in [1.807, 2.05) is 24.4 Å². The molecule has 0 aliphatic heterocycles. The molecule has 0 radical (unpaired) electrons. The Hall–Kier alpha value is -1.19. The van der Waals surface area contributed by atoms with Crippen molar-refractivity contribution in [3.8, 4) is 10.6 Å². The van der Waals surface area contributed by atoms with Crippen LogP contribution in [0.5, 0.6) is 0 Å². The first-order valence-corrected chi connectivity index (χ1v) is 6.37. The molecule has 2 N–H and O–H groups in total. The van der Waals surface area contributed by atoms with Crippen LogP contribution in [0.4, 0.5) is 0 Å². The van der Waals surface area contributed by atoms with Gasteiger partial charge in [-0.15, -0.1) is 11.3 Å². The van der Waals surface area contributed by atoms with E-state index in [1.165, 1.54) is 9.75 Å². The van der Waals surface area contributed by atoms with Gasteiger partial charge in [0.2, 0.25) is 0 Å². The number of nitrogens with two attached hydrogens (primary N) is 1. The number of nitrogens with zero attached hydrogens (tertiary/aromatic N) is 1. The van der Waals surface area contributed by atoms with Crippen LogP contribution in [0.1, 0.15) is 18.2 Å². The summed E-state index contributed by atoms with van der Waals surface area (Å²) in [6.45, 7) is 2.12. The van der Waals surface area contributed by atoms with Gasteiger partial charge in [-0.3, -0.25) is 4.98 Å². The second-order valence-electron chi connectivity index (χ2n) is 3.85. The van der Waals surface area contributed by atoms with E-state index in [4.69, 9.17) is 5.73 Å². The van der Waals surface area contributed by atoms with Gasteiger partial charge in [0.1, 0.15) is 0 Å². The molecule has 3 heteroatoms. The van der Waals surface area contributed by atoms with Crippen LogP contribution in [-0.4, -0.2) is 11.0 Å². The molecule has 0 amide bonds. The number of pyridine rings is 1. The van der Waals surface area contributed by atoms with Crippen LogP contribution in [0.25, 0.3) is 10.6 Å². The van der Waals surface area contributed by atoms with Crippen LogP contribution in [0, 0.1) is 0 Å². The zero-order chi connectivity index (χ0) is 11.4. The summed E-state index contributed by atoms with van der Waals surface area (Å²) in [7, 11) is 0. The normalized spacial score (nSPS) is 12.6. The fourth-order valence-electron chi connectivity index (χ4n) is 1.54. The fraction of sp³-hybridized carbons (Fsp3) is 0.308. The van der Waals surface area contributed by atoms with Crippen LogP contribution in [-0.2, 0) is 6.42 Å². The summed E-state index contributed by atoms with van der Waals surface area (Å²) in [6, 6.07) is 10.5. The van der Waals surface area contributed by atoms with Crippen molar-refractivity contribution in [2.75, 3.05) is 0 Å². The topological polar surface area (TPSA) is 38.9 Å². The van der Waals surface area contributed by atoms with Gasteiger partial charge in [0.25, 0.3) is 0 Å². The average molecular weight is 232 g/mol. The lowest BCUT2D eigenvalue weighted by atomic mass is 10.1. The van der Waals surface area contributed by atoms with Gasteiger partial charge >= 0.3 is 0 Å². The standard InChI is InChI=1S/C13H16N2S/c1-2-10(14)9-11-6-7-13(16-11)12-5-3-4-8-15-12/h3-8,10H,2,9,14H2,1H3. The van der Waals surface area contributed by atoms with Crippen molar-refractivity contribution >= 4 is 11.3 Å². The predicted octanol–water partition coefficient (Wildman–Crippen LogP) is 3.09. The van der Waals surface area contributed by atoms with E-state index in [1.54, 1.807) is 11.3 Å². The summed E-state index contributed by atoms with van der Waals surface area (Å²) in [4.78, 5) is 6.90. The lowest BCUT2D eigenvalue weighted by Crippen LogP contribution is -2.20. The molecule has 0 bridgehead atoms. The molecule has 0 aliphatic rings. The third kappa shape index (κ3) is 2.68. The highest BCUT2D eigenvalue weighted by molar-refractivity contribution is 7.15. The van der Waals surface area contributed by atoms with Crippen LogP contribution >= 0.6 is 11.3 Å². The molecular weight excluding hydrogens is 216 g/mol. The third-order valence-electron chi connectivity index (χ3n) is 2.57. The number of rotatable bonds is 4. The minimum Gasteiger partial charge on any atom is -0.327 e. The highest BCUT2D eigenvalue weighted by atomic mass is 32.1. The van der Waals surface area contributed by atoms with Gasteiger partial charge in [-0.05, 0) is 37.1 Å². The zero-order valence-corrected chi connectivity index (χ0v) is 10.2. The summed E-state index contributed by atoms with van der Waals surface area (Å²) < 4.78 is 0. The second-order valence-corrected chi connectivity index (χ2v) is 5.02. The van der Waals surface area contributed by atoms with Gasteiger partial charge < -0.3 is 5.73 Å². The maximum absolute atomic E-state index is 5.94. The summed E-state index contributed by atoms with van der Waals surface area (Å²) in [5.74, 6) is 0. The van der Waals surface area contributed by atoms with Crippen molar-refractivity contribution in [1.29, 1.82) is 0 Å². The summed E-state index contributed by atoms with van der Waals surface area (Å²) in [5, 5.41) is 0. The predicted molar refractivity (Wildman–Crippen MR) is 69.5 cm³/mol. The van der Waals surface area contributed by atoms with Crippen molar-refractivity contribution in [3.05, 3.63) is 41.4 Å². The van der Waals surface area contributed by atoms with Crippen molar-refractivity contribution < 1.29 is 0 Å².